The van der Waals surface area contributed by atoms with Gasteiger partial charge in [0.15, 0.2) is 17.3 Å². The Kier molecular flexibility index (Phi) is 7.10. The first-order chi connectivity index (χ1) is 20.6. The van der Waals surface area contributed by atoms with Gasteiger partial charge in [0.05, 0.1) is 48.4 Å². The molecule has 0 spiro atoms. The van der Waals surface area contributed by atoms with Crippen LogP contribution in [0.3, 0.4) is 0 Å². The van der Waals surface area contributed by atoms with Crippen LogP contribution in [0.2, 0.25) is 0 Å². The fourth-order valence-electron chi connectivity index (χ4n) is 4.69. The zero-order chi connectivity index (χ0) is 29.1. The molecule has 0 radical (unpaired) electrons. The number of methoxy groups -OCH3 is 2. The van der Waals surface area contributed by atoms with E-state index in [0.717, 1.165) is 10.9 Å². The minimum Gasteiger partial charge on any atom is -0.496 e. The zero-order valence-electron chi connectivity index (χ0n) is 22.8. The van der Waals surface area contributed by atoms with Crippen LogP contribution >= 0.6 is 0 Å². The molecule has 0 saturated heterocycles. The summed E-state index contributed by atoms with van der Waals surface area (Å²) in [5.74, 6) is 2.10. The first-order valence-electron chi connectivity index (χ1n) is 13.0. The van der Waals surface area contributed by atoms with Crippen LogP contribution in [0.15, 0.2) is 105 Å². The molecule has 0 atom stereocenters. The standard InChI is InChI=1S/C33H24N4O5/c1-39-27-14-8-15-28-25(27)17-30(42-28)32-36-26-13-6-5-12-24(26)33(38)37(32)35-19-22-11-7-16-29(40-2)31(22)41-20-23-10-4-3-9-21(23)18-34/h3-17,19H,20H2,1-2H3. The normalized spacial score (nSPS) is 11.2. The highest BCUT2D eigenvalue weighted by atomic mass is 16.5. The lowest BCUT2D eigenvalue weighted by Gasteiger charge is -2.14. The molecule has 9 heteroatoms. The predicted molar refractivity (Wildman–Crippen MR) is 159 cm³/mol. The van der Waals surface area contributed by atoms with E-state index in [1.54, 1.807) is 61.7 Å². The van der Waals surface area contributed by atoms with E-state index < -0.39 is 0 Å². The second-order valence-corrected chi connectivity index (χ2v) is 9.23. The number of aromatic nitrogens is 2. The summed E-state index contributed by atoms with van der Waals surface area (Å²) in [6, 6.07) is 29.1. The number of rotatable bonds is 8. The topological polar surface area (TPSA) is 112 Å². The number of hydrogen-bond donors (Lipinski definition) is 0. The van der Waals surface area contributed by atoms with Crippen molar-refractivity contribution in [2.45, 2.75) is 6.61 Å². The molecule has 0 bridgehead atoms. The van der Waals surface area contributed by atoms with E-state index in [0.29, 0.717) is 50.6 Å². The second kappa shape index (κ2) is 11.3. The van der Waals surface area contributed by atoms with Gasteiger partial charge >= 0.3 is 0 Å². The lowest BCUT2D eigenvalue weighted by atomic mass is 10.1. The summed E-state index contributed by atoms with van der Waals surface area (Å²) >= 11 is 0. The van der Waals surface area contributed by atoms with Crippen molar-refractivity contribution in [2.75, 3.05) is 14.2 Å². The lowest BCUT2D eigenvalue weighted by Crippen LogP contribution is -2.20. The Morgan fingerprint density at radius 2 is 1.69 bits per heavy atom. The second-order valence-electron chi connectivity index (χ2n) is 9.23. The Labute approximate surface area is 240 Å². The van der Waals surface area contributed by atoms with Crippen LogP contribution in [0, 0.1) is 11.3 Å². The van der Waals surface area contributed by atoms with Gasteiger partial charge in [0.1, 0.15) is 17.9 Å². The van der Waals surface area contributed by atoms with Gasteiger partial charge in [-0.1, -0.05) is 42.5 Å². The summed E-state index contributed by atoms with van der Waals surface area (Å²) in [7, 11) is 3.13. The highest BCUT2D eigenvalue weighted by molar-refractivity contribution is 5.89. The van der Waals surface area contributed by atoms with E-state index in [1.165, 1.54) is 18.0 Å². The molecule has 0 aliphatic heterocycles. The smallest absolute Gasteiger partial charge is 0.282 e. The minimum atomic E-state index is -0.368. The molecule has 4 aromatic carbocycles. The summed E-state index contributed by atoms with van der Waals surface area (Å²) in [6.07, 6.45) is 1.51. The van der Waals surface area contributed by atoms with Crippen LogP contribution in [-0.2, 0) is 6.61 Å². The third kappa shape index (κ3) is 4.82. The van der Waals surface area contributed by atoms with Crippen LogP contribution in [0.1, 0.15) is 16.7 Å². The van der Waals surface area contributed by atoms with Crippen molar-refractivity contribution < 1.29 is 18.6 Å². The van der Waals surface area contributed by atoms with Crippen molar-refractivity contribution in [3.8, 4) is 34.9 Å². The number of hydrogen-bond acceptors (Lipinski definition) is 8. The monoisotopic (exact) mass is 556 g/mol. The highest BCUT2D eigenvalue weighted by Crippen LogP contribution is 2.34. The maximum Gasteiger partial charge on any atom is 0.282 e. The van der Waals surface area contributed by atoms with Crippen molar-refractivity contribution in [3.63, 3.8) is 0 Å². The van der Waals surface area contributed by atoms with Gasteiger partial charge in [0.2, 0.25) is 5.82 Å². The van der Waals surface area contributed by atoms with Gasteiger partial charge in [-0.2, -0.15) is 15.0 Å². The van der Waals surface area contributed by atoms with Crippen molar-refractivity contribution in [1.82, 2.24) is 9.66 Å². The maximum atomic E-state index is 13.7. The largest absolute Gasteiger partial charge is 0.496 e. The first kappa shape index (κ1) is 26.3. The Morgan fingerprint density at radius 1 is 0.929 bits per heavy atom. The van der Waals surface area contributed by atoms with Crippen molar-refractivity contribution in [2.24, 2.45) is 5.10 Å². The molecule has 0 saturated carbocycles. The Hall–Kier alpha value is -5.88. The Bertz CT molecular complexity index is 2070. The minimum absolute atomic E-state index is 0.133. The number of furan rings is 1. The Morgan fingerprint density at radius 3 is 2.52 bits per heavy atom. The Balaban J connectivity index is 1.47. The fourth-order valence-corrected chi connectivity index (χ4v) is 4.69. The summed E-state index contributed by atoms with van der Waals surface area (Å²) in [6.45, 7) is 0.133. The summed E-state index contributed by atoms with van der Waals surface area (Å²) in [5, 5.41) is 15.2. The van der Waals surface area contributed by atoms with E-state index in [-0.39, 0.29) is 18.0 Å². The maximum absolute atomic E-state index is 13.7. The third-order valence-corrected chi connectivity index (χ3v) is 6.77. The van der Waals surface area contributed by atoms with E-state index in [2.05, 4.69) is 11.2 Å². The molecule has 0 N–H and O–H groups in total. The van der Waals surface area contributed by atoms with E-state index >= 15 is 0 Å². The number of nitriles is 1. The van der Waals surface area contributed by atoms with Crippen molar-refractivity contribution >= 4 is 28.1 Å². The molecule has 206 valence electrons. The molecule has 0 aliphatic carbocycles. The van der Waals surface area contributed by atoms with Crippen molar-refractivity contribution in [1.29, 1.82) is 5.26 Å². The summed E-state index contributed by atoms with van der Waals surface area (Å²) in [5.41, 5.74) is 2.53. The summed E-state index contributed by atoms with van der Waals surface area (Å²) < 4.78 is 24.5. The van der Waals surface area contributed by atoms with Gasteiger partial charge < -0.3 is 18.6 Å². The van der Waals surface area contributed by atoms with Crippen LogP contribution in [0.4, 0.5) is 0 Å². The van der Waals surface area contributed by atoms with Crippen LogP contribution < -0.4 is 19.8 Å². The van der Waals surface area contributed by atoms with E-state index in [4.69, 9.17) is 23.6 Å². The van der Waals surface area contributed by atoms with Crippen molar-refractivity contribution in [3.05, 3.63) is 118 Å². The first-order valence-corrected chi connectivity index (χ1v) is 13.0. The number of benzene rings is 4. The molecule has 2 aromatic heterocycles. The SMILES string of the molecule is COc1cccc(C=Nn2c(-c3cc4c(OC)cccc4o3)nc3ccccc3c2=O)c1OCc1ccccc1C#N. The molecule has 9 nitrogen and oxygen atoms in total. The molecule has 0 unspecified atom stereocenters. The molecular weight excluding hydrogens is 532 g/mol. The lowest BCUT2D eigenvalue weighted by molar-refractivity contribution is 0.284. The van der Waals surface area contributed by atoms with Gasteiger partial charge in [0, 0.05) is 11.1 Å². The molecule has 0 fully saturated rings. The van der Waals surface area contributed by atoms with Gasteiger partial charge in [-0.3, -0.25) is 4.79 Å². The van der Waals surface area contributed by atoms with Crippen LogP contribution in [0.25, 0.3) is 33.5 Å². The molecule has 0 amide bonds. The number of para-hydroxylation sites is 2. The fraction of sp³-hybridized carbons (Fsp3) is 0.0909. The van der Waals surface area contributed by atoms with E-state index in [1.807, 2.05) is 36.4 Å². The van der Waals surface area contributed by atoms with Gasteiger partial charge in [0.25, 0.3) is 5.56 Å². The number of fused-ring (bicyclic) bond motifs is 2. The molecule has 6 aromatic rings. The molecule has 6 rings (SSSR count). The van der Waals surface area contributed by atoms with Gasteiger partial charge in [-0.25, -0.2) is 4.98 Å². The van der Waals surface area contributed by atoms with Crippen LogP contribution in [-0.4, -0.2) is 30.1 Å². The van der Waals surface area contributed by atoms with Gasteiger partial charge in [-0.15, -0.1) is 0 Å². The molecular formula is C33H24N4O5. The molecule has 0 aliphatic rings. The summed E-state index contributed by atoms with van der Waals surface area (Å²) in [4.78, 5) is 18.5. The number of nitrogens with zero attached hydrogens (tertiary/aromatic N) is 4. The average molecular weight is 557 g/mol. The molecule has 42 heavy (non-hydrogen) atoms. The van der Waals surface area contributed by atoms with Crippen LogP contribution in [0.5, 0.6) is 17.2 Å². The molecule has 2 heterocycles. The van der Waals surface area contributed by atoms with E-state index in [9.17, 15) is 10.1 Å². The average Bonchev–Trinajstić information content (AvgIpc) is 3.48. The zero-order valence-corrected chi connectivity index (χ0v) is 22.8. The third-order valence-electron chi connectivity index (χ3n) is 6.77. The number of ether oxygens (including phenoxy) is 3. The quantitative estimate of drug-likeness (QED) is 0.206. The highest BCUT2D eigenvalue weighted by Gasteiger charge is 2.18. The van der Waals surface area contributed by atoms with Gasteiger partial charge in [-0.05, 0) is 48.5 Å². The predicted octanol–water partition coefficient (Wildman–Crippen LogP) is 6.16.